The monoisotopic (exact) mass is 276 g/mol. The molecular weight excluding hydrogens is 248 g/mol. The number of aromatic nitrogens is 2. The predicted octanol–water partition coefficient (Wildman–Crippen LogP) is 3.73. The molecule has 2 fully saturated rings. The van der Waals surface area contributed by atoms with Gasteiger partial charge in [-0.15, -0.1) is 0 Å². The zero-order valence-corrected chi connectivity index (χ0v) is 12.7. The molecule has 3 unspecified atom stereocenters. The molecule has 1 aromatic rings. The van der Waals surface area contributed by atoms with Gasteiger partial charge in [0.2, 0.25) is 0 Å². The molecule has 2 saturated carbocycles. The average Bonchev–Trinajstić information content (AvgIpc) is 3.12. The average molecular weight is 276 g/mol. The molecule has 1 N–H and O–H groups in total. The van der Waals surface area contributed by atoms with Crippen molar-refractivity contribution in [1.29, 1.82) is 0 Å². The van der Waals surface area contributed by atoms with Crippen LogP contribution in [0.25, 0.3) is 0 Å². The van der Waals surface area contributed by atoms with Crippen molar-refractivity contribution >= 4 is 0 Å². The van der Waals surface area contributed by atoms with Gasteiger partial charge >= 0.3 is 0 Å². The Kier molecular flexibility index (Phi) is 4.45. The van der Waals surface area contributed by atoms with E-state index >= 15 is 0 Å². The van der Waals surface area contributed by atoms with Crippen LogP contribution >= 0.6 is 0 Å². The molecule has 3 atom stereocenters. The van der Waals surface area contributed by atoms with Crippen molar-refractivity contribution < 1.29 is 5.11 Å². The summed E-state index contributed by atoms with van der Waals surface area (Å²) in [6.07, 6.45) is 12.9. The molecule has 112 valence electrons. The molecule has 0 amide bonds. The van der Waals surface area contributed by atoms with Gasteiger partial charge in [0.25, 0.3) is 0 Å². The van der Waals surface area contributed by atoms with Gasteiger partial charge in [-0.1, -0.05) is 26.2 Å². The normalized spacial score (nSPS) is 31.8. The number of hydrogen-bond acceptors (Lipinski definition) is 2. The lowest BCUT2D eigenvalue weighted by atomic mass is 9.76. The zero-order valence-electron chi connectivity index (χ0n) is 12.7. The molecule has 2 aliphatic carbocycles. The van der Waals surface area contributed by atoms with E-state index in [1.165, 1.54) is 50.6 Å². The predicted molar refractivity (Wildman–Crippen MR) is 80.6 cm³/mol. The van der Waals surface area contributed by atoms with Crippen LogP contribution in [0, 0.1) is 11.8 Å². The van der Waals surface area contributed by atoms with Crippen molar-refractivity contribution in [2.75, 3.05) is 0 Å². The Hall–Kier alpha value is -0.830. The second-order valence-corrected chi connectivity index (χ2v) is 6.84. The van der Waals surface area contributed by atoms with Gasteiger partial charge < -0.3 is 5.11 Å². The molecule has 3 rings (SSSR count). The lowest BCUT2D eigenvalue weighted by Crippen LogP contribution is -2.30. The first-order valence-electron chi connectivity index (χ1n) is 8.48. The molecule has 20 heavy (non-hydrogen) atoms. The standard InChI is InChI=1S/C17H28N2O/c1-2-13-7-8-17(20)14(11-13)12-15-9-10-19(18-15)16-5-3-4-6-16/h9-10,13-14,16-17,20H,2-8,11-12H2,1H3. The van der Waals surface area contributed by atoms with Crippen LogP contribution in [0.5, 0.6) is 0 Å². The third kappa shape index (κ3) is 3.08. The maximum absolute atomic E-state index is 10.2. The fourth-order valence-electron chi connectivity index (χ4n) is 4.06. The van der Waals surface area contributed by atoms with Gasteiger partial charge in [0.1, 0.15) is 0 Å². The van der Waals surface area contributed by atoms with E-state index in [2.05, 4.69) is 23.9 Å². The zero-order chi connectivity index (χ0) is 13.9. The van der Waals surface area contributed by atoms with Gasteiger partial charge in [-0.3, -0.25) is 4.68 Å². The van der Waals surface area contributed by atoms with Crippen LogP contribution in [-0.2, 0) is 6.42 Å². The number of rotatable bonds is 4. The lowest BCUT2D eigenvalue weighted by molar-refractivity contribution is 0.0469. The quantitative estimate of drug-likeness (QED) is 0.910. The molecule has 0 saturated heterocycles. The first-order chi connectivity index (χ1) is 9.76. The second kappa shape index (κ2) is 6.30. The van der Waals surface area contributed by atoms with Crippen LogP contribution in [0.3, 0.4) is 0 Å². The van der Waals surface area contributed by atoms with E-state index < -0.39 is 0 Å². The summed E-state index contributed by atoms with van der Waals surface area (Å²) in [5, 5.41) is 15.0. The first kappa shape index (κ1) is 14.1. The summed E-state index contributed by atoms with van der Waals surface area (Å²) in [5.74, 6) is 1.22. The van der Waals surface area contributed by atoms with Gasteiger partial charge in [0.15, 0.2) is 0 Å². The number of aliphatic hydroxyl groups excluding tert-OH is 1. The fraction of sp³-hybridized carbons (Fsp3) is 0.824. The highest BCUT2D eigenvalue weighted by atomic mass is 16.3. The van der Waals surface area contributed by atoms with Crippen LogP contribution in [0.4, 0.5) is 0 Å². The molecule has 3 heteroatoms. The third-order valence-corrected chi connectivity index (χ3v) is 5.46. The van der Waals surface area contributed by atoms with Gasteiger partial charge in [-0.25, -0.2) is 0 Å². The Morgan fingerprint density at radius 1 is 1.25 bits per heavy atom. The Morgan fingerprint density at radius 2 is 2.05 bits per heavy atom. The van der Waals surface area contributed by atoms with Gasteiger partial charge in [0.05, 0.1) is 17.8 Å². The van der Waals surface area contributed by atoms with Crippen molar-refractivity contribution in [3.8, 4) is 0 Å². The SMILES string of the molecule is CCC1CCC(O)C(Cc2ccn(C3CCCC3)n2)C1. The maximum atomic E-state index is 10.2. The van der Waals surface area contributed by atoms with Gasteiger partial charge in [-0.05, 0) is 56.4 Å². The van der Waals surface area contributed by atoms with Crippen LogP contribution in [0.15, 0.2) is 12.3 Å². The van der Waals surface area contributed by atoms with Crippen molar-refractivity contribution in [3.05, 3.63) is 18.0 Å². The third-order valence-electron chi connectivity index (χ3n) is 5.46. The molecular formula is C17H28N2O. The molecule has 0 spiro atoms. The van der Waals surface area contributed by atoms with Crippen LogP contribution in [0.2, 0.25) is 0 Å². The van der Waals surface area contributed by atoms with E-state index in [0.717, 1.165) is 18.8 Å². The Labute approximate surface area is 122 Å². The largest absolute Gasteiger partial charge is 0.393 e. The van der Waals surface area contributed by atoms with Crippen molar-refractivity contribution in [2.45, 2.75) is 76.9 Å². The van der Waals surface area contributed by atoms with Crippen molar-refractivity contribution in [2.24, 2.45) is 11.8 Å². The van der Waals surface area contributed by atoms with Crippen molar-refractivity contribution in [1.82, 2.24) is 9.78 Å². The van der Waals surface area contributed by atoms with E-state index in [0.29, 0.717) is 12.0 Å². The van der Waals surface area contributed by atoms with E-state index in [9.17, 15) is 5.11 Å². The Balaban J connectivity index is 1.61. The van der Waals surface area contributed by atoms with Crippen molar-refractivity contribution in [3.63, 3.8) is 0 Å². The number of nitrogens with zero attached hydrogens (tertiary/aromatic N) is 2. The first-order valence-corrected chi connectivity index (χ1v) is 8.48. The molecule has 3 nitrogen and oxygen atoms in total. The Bertz CT molecular complexity index is 422. The smallest absolute Gasteiger partial charge is 0.0628 e. The summed E-state index contributed by atoms with van der Waals surface area (Å²) in [6.45, 7) is 2.27. The fourth-order valence-corrected chi connectivity index (χ4v) is 4.06. The topological polar surface area (TPSA) is 38.0 Å². The molecule has 1 aromatic heterocycles. The molecule has 0 radical (unpaired) electrons. The van der Waals surface area contributed by atoms with Crippen LogP contribution in [0.1, 0.15) is 70.0 Å². The summed E-state index contributed by atoms with van der Waals surface area (Å²) < 4.78 is 2.18. The number of hydrogen-bond donors (Lipinski definition) is 1. The molecule has 0 aliphatic heterocycles. The summed E-state index contributed by atoms with van der Waals surface area (Å²) in [7, 11) is 0. The minimum Gasteiger partial charge on any atom is -0.393 e. The van der Waals surface area contributed by atoms with Gasteiger partial charge in [0, 0.05) is 6.20 Å². The highest BCUT2D eigenvalue weighted by molar-refractivity contribution is 5.03. The van der Waals surface area contributed by atoms with E-state index in [4.69, 9.17) is 5.10 Å². The Morgan fingerprint density at radius 3 is 2.80 bits per heavy atom. The molecule has 0 aromatic carbocycles. The van der Waals surface area contributed by atoms with Crippen LogP contribution in [-0.4, -0.2) is 21.0 Å². The number of aliphatic hydroxyl groups is 1. The summed E-state index contributed by atoms with van der Waals surface area (Å²) >= 11 is 0. The molecule has 1 heterocycles. The van der Waals surface area contributed by atoms with E-state index in [1.54, 1.807) is 0 Å². The minimum absolute atomic E-state index is 0.116. The summed E-state index contributed by atoms with van der Waals surface area (Å²) in [4.78, 5) is 0. The highest BCUT2D eigenvalue weighted by Gasteiger charge is 2.29. The lowest BCUT2D eigenvalue weighted by Gasteiger charge is -2.32. The summed E-state index contributed by atoms with van der Waals surface area (Å²) in [6, 6.07) is 2.80. The summed E-state index contributed by atoms with van der Waals surface area (Å²) in [5.41, 5.74) is 1.18. The minimum atomic E-state index is -0.116. The molecule has 0 bridgehead atoms. The van der Waals surface area contributed by atoms with E-state index in [-0.39, 0.29) is 6.10 Å². The highest BCUT2D eigenvalue weighted by Crippen LogP contribution is 2.34. The second-order valence-electron chi connectivity index (χ2n) is 6.84. The molecule has 2 aliphatic rings. The van der Waals surface area contributed by atoms with Gasteiger partial charge in [-0.2, -0.15) is 5.10 Å². The van der Waals surface area contributed by atoms with Crippen LogP contribution < -0.4 is 0 Å². The van der Waals surface area contributed by atoms with E-state index in [1.807, 2.05) is 0 Å². The maximum Gasteiger partial charge on any atom is 0.0628 e.